The summed E-state index contributed by atoms with van der Waals surface area (Å²) in [5, 5.41) is -0.124. The molecule has 208 valence electrons. The van der Waals surface area contributed by atoms with E-state index in [1.165, 1.54) is 6.20 Å². The van der Waals surface area contributed by atoms with Crippen molar-refractivity contribution in [3.8, 4) is 11.8 Å². The van der Waals surface area contributed by atoms with E-state index in [0.29, 0.717) is 13.0 Å². The van der Waals surface area contributed by atoms with Crippen LogP contribution in [0.2, 0.25) is 0 Å². The van der Waals surface area contributed by atoms with E-state index in [1.807, 2.05) is 37.3 Å². The van der Waals surface area contributed by atoms with Gasteiger partial charge in [-0.2, -0.15) is 0 Å². The van der Waals surface area contributed by atoms with Gasteiger partial charge in [0.05, 0.1) is 23.1 Å². The number of rotatable bonds is 6. The maximum absolute atomic E-state index is 15.2. The standard InChI is InChI=1S/C31H30F2N2O5/c1-3-39-30(37)25-17-34(21-12-13-21)28-23(27(33)26(32)15-24(28)29(25)36)11-7-10-22-14-19(2)16-35(22)31(38)40-18-20-8-5-4-6-9-20/h4-6,8-9,15,17,19,21-22H,3,10,12-14,16,18H2,1-2H3/t19-,22-/m1/s1. The van der Waals surface area contributed by atoms with E-state index in [4.69, 9.17) is 9.47 Å². The molecule has 0 bridgehead atoms. The number of carbonyl (C=O) groups excluding carboxylic acids is 2. The quantitative estimate of drug-likeness (QED) is 0.297. The molecular weight excluding hydrogens is 518 g/mol. The zero-order valence-corrected chi connectivity index (χ0v) is 22.4. The highest BCUT2D eigenvalue weighted by Gasteiger charge is 2.34. The smallest absolute Gasteiger partial charge is 0.410 e. The molecule has 1 saturated carbocycles. The highest BCUT2D eigenvalue weighted by atomic mass is 19.2. The van der Waals surface area contributed by atoms with Crippen molar-refractivity contribution in [1.82, 2.24) is 9.47 Å². The minimum atomic E-state index is -1.22. The Balaban J connectivity index is 1.45. The second-order valence-corrected chi connectivity index (χ2v) is 10.4. The first kappa shape index (κ1) is 27.4. The molecule has 1 amide bonds. The number of pyridine rings is 1. The van der Waals surface area contributed by atoms with Crippen LogP contribution in [0.4, 0.5) is 13.6 Å². The molecule has 2 fully saturated rings. The maximum atomic E-state index is 15.2. The molecule has 3 aromatic rings. The van der Waals surface area contributed by atoms with Gasteiger partial charge in [0.1, 0.15) is 12.2 Å². The third-order valence-corrected chi connectivity index (χ3v) is 7.26. The van der Waals surface area contributed by atoms with Gasteiger partial charge in [0.15, 0.2) is 11.6 Å². The molecule has 0 unspecified atom stereocenters. The zero-order valence-electron chi connectivity index (χ0n) is 22.4. The van der Waals surface area contributed by atoms with E-state index >= 15 is 4.39 Å². The zero-order chi connectivity index (χ0) is 28.4. The summed E-state index contributed by atoms with van der Waals surface area (Å²) in [6, 6.07) is 9.88. The number of ether oxygens (including phenoxy) is 2. The second kappa shape index (κ2) is 11.5. The molecule has 2 aliphatic rings. The minimum absolute atomic E-state index is 0.0627. The summed E-state index contributed by atoms with van der Waals surface area (Å²) >= 11 is 0. The van der Waals surface area contributed by atoms with Crippen molar-refractivity contribution < 1.29 is 27.8 Å². The fraction of sp³-hybridized carbons (Fsp3) is 0.387. The summed E-state index contributed by atoms with van der Waals surface area (Å²) in [7, 11) is 0. The van der Waals surface area contributed by atoms with Crippen molar-refractivity contribution in [2.75, 3.05) is 13.2 Å². The fourth-order valence-electron chi connectivity index (χ4n) is 5.20. The Hall–Kier alpha value is -4.19. The van der Waals surface area contributed by atoms with Crippen molar-refractivity contribution in [2.45, 2.75) is 58.2 Å². The molecule has 0 N–H and O–H groups in total. The average molecular weight is 549 g/mol. The molecule has 2 aromatic carbocycles. The van der Waals surface area contributed by atoms with Crippen LogP contribution in [0.15, 0.2) is 47.4 Å². The maximum Gasteiger partial charge on any atom is 0.410 e. The summed E-state index contributed by atoms with van der Waals surface area (Å²) in [5.74, 6) is 2.73. The van der Waals surface area contributed by atoms with E-state index < -0.39 is 29.1 Å². The van der Waals surface area contributed by atoms with Crippen LogP contribution < -0.4 is 5.43 Å². The molecule has 9 heteroatoms. The number of amides is 1. The Labute approximate surface area is 230 Å². The van der Waals surface area contributed by atoms with E-state index in [9.17, 15) is 18.8 Å². The lowest BCUT2D eigenvalue weighted by Gasteiger charge is -2.22. The van der Waals surface area contributed by atoms with Crippen molar-refractivity contribution in [3.05, 3.63) is 81.1 Å². The molecule has 2 atom stereocenters. The van der Waals surface area contributed by atoms with Crippen LogP contribution in [0.1, 0.15) is 67.1 Å². The Morgan fingerprint density at radius 2 is 1.88 bits per heavy atom. The first-order chi connectivity index (χ1) is 19.3. The van der Waals surface area contributed by atoms with Crippen molar-refractivity contribution >= 4 is 23.0 Å². The number of fused-ring (bicyclic) bond motifs is 1. The van der Waals surface area contributed by atoms with Gasteiger partial charge < -0.3 is 18.9 Å². The van der Waals surface area contributed by atoms with Crippen molar-refractivity contribution in [2.24, 2.45) is 5.92 Å². The van der Waals surface area contributed by atoms with E-state index in [-0.39, 0.29) is 59.7 Å². The van der Waals surface area contributed by atoms with Gasteiger partial charge >= 0.3 is 12.1 Å². The van der Waals surface area contributed by atoms with Gasteiger partial charge in [-0.25, -0.2) is 18.4 Å². The Bertz CT molecular complexity index is 1570. The summed E-state index contributed by atoms with van der Waals surface area (Å²) in [4.78, 5) is 40.1. The lowest BCUT2D eigenvalue weighted by atomic mass is 10.0. The number of carbonyl (C=O) groups is 2. The number of hydrogen-bond acceptors (Lipinski definition) is 5. The van der Waals surface area contributed by atoms with Gasteiger partial charge in [0, 0.05) is 31.2 Å². The molecule has 0 radical (unpaired) electrons. The van der Waals surface area contributed by atoms with Crippen LogP contribution in [-0.4, -0.2) is 40.7 Å². The Morgan fingerprint density at radius 1 is 1.12 bits per heavy atom. The monoisotopic (exact) mass is 548 g/mol. The van der Waals surface area contributed by atoms with E-state index in [2.05, 4.69) is 11.8 Å². The summed E-state index contributed by atoms with van der Waals surface area (Å²) in [6.07, 6.45) is 3.37. The average Bonchev–Trinajstić information content (AvgIpc) is 3.72. The van der Waals surface area contributed by atoms with Gasteiger partial charge in [-0.3, -0.25) is 4.79 Å². The minimum Gasteiger partial charge on any atom is -0.462 e. The lowest BCUT2D eigenvalue weighted by Crippen LogP contribution is -2.35. The number of likely N-dealkylation sites (tertiary alicyclic amines) is 1. The van der Waals surface area contributed by atoms with Crippen LogP contribution in [-0.2, 0) is 16.1 Å². The Morgan fingerprint density at radius 3 is 2.58 bits per heavy atom. The summed E-state index contributed by atoms with van der Waals surface area (Å²) in [6.45, 7) is 4.38. The van der Waals surface area contributed by atoms with Crippen LogP contribution in [0, 0.1) is 29.4 Å². The van der Waals surface area contributed by atoms with Gasteiger partial charge in [-0.05, 0) is 43.7 Å². The molecule has 5 rings (SSSR count). The first-order valence-corrected chi connectivity index (χ1v) is 13.5. The first-order valence-electron chi connectivity index (χ1n) is 13.5. The lowest BCUT2D eigenvalue weighted by molar-refractivity contribution is 0.0524. The molecule has 1 aromatic heterocycles. The van der Waals surface area contributed by atoms with Gasteiger partial charge in [0.2, 0.25) is 5.43 Å². The van der Waals surface area contributed by atoms with Crippen molar-refractivity contribution in [1.29, 1.82) is 0 Å². The van der Waals surface area contributed by atoms with Crippen LogP contribution in [0.25, 0.3) is 10.9 Å². The van der Waals surface area contributed by atoms with Crippen LogP contribution >= 0.6 is 0 Å². The number of benzene rings is 2. The molecule has 1 saturated heterocycles. The molecule has 1 aliphatic heterocycles. The highest BCUT2D eigenvalue weighted by molar-refractivity contribution is 5.95. The number of halogens is 2. The van der Waals surface area contributed by atoms with Crippen LogP contribution in [0.3, 0.4) is 0 Å². The predicted octanol–water partition coefficient (Wildman–Crippen LogP) is 5.58. The fourth-order valence-corrected chi connectivity index (χ4v) is 5.20. The third-order valence-electron chi connectivity index (χ3n) is 7.26. The Kier molecular flexibility index (Phi) is 7.88. The third kappa shape index (κ3) is 5.57. The van der Waals surface area contributed by atoms with Gasteiger partial charge in [-0.1, -0.05) is 49.1 Å². The van der Waals surface area contributed by atoms with Gasteiger partial charge in [0.25, 0.3) is 0 Å². The number of hydrogen-bond donors (Lipinski definition) is 0. The van der Waals surface area contributed by atoms with E-state index in [1.54, 1.807) is 16.4 Å². The van der Waals surface area contributed by atoms with Gasteiger partial charge in [-0.15, -0.1) is 0 Å². The molecule has 0 spiro atoms. The molecule has 7 nitrogen and oxygen atoms in total. The number of nitrogens with zero attached hydrogens (tertiary/aromatic N) is 2. The van der Waals surface area contributed by atoms with Crippen molar-refractivity contribution in [3.63, 3.8) is 0 Å². The molecule has 40 heavy (non-hydrogen) atoms. The normalized spacial score (nSPS) is 18.4. The summed E-state index contributed by atoms with van der Waals surface area (Å²) < 4.78 is 42.0. The van der Waals surface area contributed by atoms with Crippen LogP contribution in [0.5, 0.6) is 0 Å². The molecular formula is C31H30F2N2O5. The summed E-state index contributed by atoms with van der Waals surface area (Å²) in [5.41, 5.74) is -0.162. The highest BCUT2D eigenvalue weighted by Crippen LogP contribution is 2.38. The second-order valence-electron chi connectivity index (χ2n) is 10.4. The van der Waals surface area contributed by atoms with E-state index in [0.717, 1.165) is 24.5 Å². The SMILES string of the molecule is CCOC(=O)c1cn(C2CC2)c2c(C#CC[C@@H]3C[C@@H](C)CN3C(=O)OCc3ccccc3)c(F)c(F)cc2c1=O. The number of esters is 1. The predicted molar refractivity (Wildman–Crippen MR) is 145 cm³/mol. The molecule has 2 heterocycles. The molecule has 1 aliphatic carbocycles. The number of aromatic nitrogens is 1. The largest absolute Gasteiger partial charge is 0.462 e. The topological polar surface area (TPSA) is 77.8 Å².